The number of rotatable bonds is 7. The van der Waals surface area contributed by atoms with Gasteiger partial charge in [0.15, 0.2) is 0 Å². The fourth-order valence-electron chi connectivity index (χ4n) is 3.16. The molecule has 1 unspecified atom stereocenters. The number of benzene rings is 3. The smallest absolute Gasteiger partial charge is 0.261 e. The Morgan fingerprint density at radius 2 is 1.42 bits per heavy atom. The molecule has 0 spiro atoms. The summed E-state index contributed by atoms with van der Waals surface area (Å²) in [7, 11) is -7.61. The highest BCUT2D eigenvalue weighted by molar-refractivity contribution is 7.92. The molecule has 33 heavy (non-hydrogen) atoms. The third-order valence-electron chi connectivity index (χ3n) is 5.33. The number of carbonyl (C=O) groups excluding carboxylic acids is 1. The van der Waals surface area contributed by atoms with Gasteiger partial charge in [-0.15, -0.1) is 0 Å². The first-order chi connectivity index (χ1) is 15.4. The average Bonchev–Trinajstić information content (AvgIpc) is 2.76. The molecule has 0 bridgehead atoms. The van der Waals surface area contributed by atoms with Crippen LogP contribution in [0.2, 0.25) is 0 Å². The first-order valence-corrected chi connectivity index (χ1v) is 13.0. The van der Waals surface area contributed by atoms with Crippen molar-refractivity contribution in [3.05, 3.63) is 89.0 Å². The van der Waals surface area contributed by atoms with E-state index in [1.807, 2.05) is 19.9 Å². The Hall–Kier alpha value is -3.21. The van der Waals surface area contributed by atoms with Gasteiger partial charge in [-0.1, -0.05) is 24.3 Å². The summed E-state index contributed by atoms with van der Waals surface area (Å²) in [6.45, 7) is 5.48. The van der Waals surface area contributed by atoms with Crippen molar-refractivity contribution in [1.29, 1.82) is 0 Å². The van der Waals surface area contributed by atoms with Crippen molar-refractivity contribution >= 4 is 31.6 Å². The Morgan fingerprint density at radius 3 is 2.00 bits per heavy atom. The maximum atomic E-state index is 12.7. The fraction of sp³-hybridized carbons (Fsp3) is 0.174. The molecule has 0 heterocycles. The van der Waals surface area contributed by atoms with Gasteiger partial charge in [0, 0.05) is 5.56 Å². The lowest BCUT2D eigenvalue weighted by atomic mass is 10.1. The van der Waals surface area contributed by atoms with Gasteiger partial charge in [-0.05, 0) is 79.9 Å². The highest BCUT2D eigenvalue weighted by Crippen LogP contribution is 2.22. The molecule has 0 aliphatic carbocycles. The maximum Gasteiger partial charge on any atom is 0.261 e. The summed E-state index contributed by atoms with van der Waals surface area (Å²) in [5.74, 6) is -0.399. The van der Waals surface area contributed by atoms with Crippen LogP contribution < -0.4 is 15.2 Å². The second kappa shape index (κ2) is 9.34. The van der Waals surface area contributed by atoms with Crippen LogP contribution in [0.1, 0.15) is 40.0 Å². The van der Waals surface area contributed by atoms with Crippen molar-refractivity contribution in [2.24, 2.45) is 5.14 Å². The monoisotopic (exact) mass is 487 g/mol. The van der Waals surface area contributed by atoms with Crippen LogP contribution in [0.25, 0.3) is 0 Å². The van der Waals surface area contributed by atoms with E-state index in [1.165, 1.54) is 36.4 Å². The van der Waals surface area contributed by atoms with Crippen molar-refractivity contribution in [2.45, 2.75) is 36.6 Å². The van der Waals surface area contributed by atoms with Crippen molar-refractivity contribution in [2.75, 3.05) is 4.72 Å². The molecule has 0 aliphatic heterocycles. The summed E-state index contributed by atoms with van der Waals surface area (Å²) in [4.78, 5) is 12.6. The molecule has 3 aromatic carbocycles. The minimum Gasteiger partial charge on any atom is -0.346 e. The van der Waals surface area contributed by atoms with Crippen LogP contribution in [-0.4, -0.2) is 22.7 Å². The van der Waals surface area contributed by atoms with E-state index in [4.69, 9.17) is 5.14 Å². The predicted octanol–water partition coefficient (Wildman–Crippen LogP) is 3.24. The van der Waals surface area contributed by atoms with Crippen molar-refractivity contribution < 1.29 is 21.6 Å². The Labute approximate surface area is 193 Å². The van der Waals surface area contributed by atoms with Crippen molar-refractivity contribution in [3.8, 4) is 0 Å². The van der Waals surface area contributed by atoms with E-state index in [0.29, 0.717) is 11.3 Å². The molecule has 0 saturated carbocycles. The second-order valence-corrected chi connectivity index (χ2v) is 10.9. The van der Waals surface area contributed by atoms with E-state index >= 15 is 0 Å². The SMILES string of the molecule is Cc1cccc(NS(=O)(=O)c2ccc(C(=O)NC(C)c3ccc(S(N)(=O)=O)cc3)cc2)c1C. The molecule has 0 saturated heterocycles. The predicted molar refractivity (Wildman–Crippen MR) is 127 cm³/mol. The summed E-state index contributed by atoms with van der Waals surface area (Å²) < 4.78 is 50.8. The number of nitrogens with one attached hydrogen (secondary N) is 2. The summed E-state index contributed by atoms with van der Waals surface area (Å²) >= 11 is 0. The summed E-state index contributed by atoms with van der Waals surface area (Å²) in [5, 5.41) is 7.89. The number of nitrogens with two attached hydrogens (primary N) is 1. The minimum absolute atomic E-state index is 0.0176. The van der Waals surface area contributed by atoms with Crippen LogP contribution in [0.4, 0.5) is 5.69 Å². The lowest BCUT2D eigenvalue weighted by Crippen LogP contribution is -2.26. The molecule has 0 aliphatic rings. The quantitative estimate of drug-likeness (QED) is 0.470. The topological polar surface area (TPSA) is 135 Å². The van der Waals surface area contributed by atoms with Crippen LogP contribution in [0.3, 0.4) is 0 Å². The zero-order valence-electron chi connectivity index (χ0n) is 18.4. The van der Waals surface area contributed by atoms with Crippen LogP contribution in [0.15, 0.2) is 76.5 Å². The van der Waals surface area contributed by atoms with E-state index < -0.39 is 32.0 Å². The number of anilines is 1. The van der Waals surface area contributed by atoms with Crippen LogP contribution in [0.5, 0.6) is 0 Å². The lowest BCUT2D eigenvalue weighted by Gasteiger charge is -2.15. The number of sulfonamides is 2. The normalized spacial score (nSPS) is 12.7. The van der Waals surface area contributed by atoms with Gasteiger partial charge >= 0.3 is 0 Å². The molecule has 174 valence electrons. The molecule has 3 rings (SSSR count). The highest BCUT2D eigenvalue weighted by atomic mass is 32.2. The number of hydrogen-bond donors (Lipinski definition) is 3. The minimum atomic E-state index is -3.82. The first-order valence-electron chi connectivity index (χ1n) is 10.0. The lowest BCUT2D eigenvalue weighted by molar-refractivity contribution is 0.0939. The highest BCUT2D eigenvalue weighted by Gasteiger charge is 2.18. The molecule has 0 aromatic heterocycles. The largest absolute Gasteiger partial charge is 0.346 e. The third kappa shape index (κ3) is 5.78. The Bertz CT molecular complexity index is 1380. The van der Waals surface area contributed by atoms with Gasteiger partial charge in [-0.25, -0.2) is 22.0 Å². The summed E-state index contributed by atoms with van der Waals surface area (Å²) in [5.41, 5.74) is 3.28. The summed E-state index contributed by atoms with van der Waals surface area (Å²) in [6, 6.07) is 16.4. The Balaban J connectivity index is 1.71. The number of aryl methyl sites for hydroxylation is 1. The maximum absolute atomic E-state index is 12.7. The van der Waals surface area contributed by atoms with E-state index in [0.717, 1.165) is 11.1 Å². The van der Waals surface area contributed by atoms with Gasteiger partial charge in [0.2, 0.25) is 10.0 Å². The van der Waals surface area contributed by atoms with Gasteiger partial charge in [0.1, 0.15) is 0 Å². The van der Waals surface area contributed by atoms with E-state index in [9.17, 15) is 21.6 Å². The van der Waals surface area contributed by atoms with E-state index in [1.54, 1.807) is 31.2 Å². The van der Waals surface area contributed by atoms with E-state index in [2.05, 4.69) is 10.0 Å². The number of amides is 1. The van der Waals surface area contributed by atoms with Crippen LogP contribution in [-0.2, 0) is 20.0 Å². The average molecular weight is 488 g/mol. The van der Waals surface area contributed by atoms with Gasteiger partial charge < -0.3 is 5.32 Å². The first kappa shape index (κ1) is 24.4. The zero-order chi connectivity index (χ0) is 24.4. The second-order valence-electron chi connectivity index (χ2n) is 7.69. The number of primary sulfonamides is 1. The van der Waals surface area contributed by atoms with Crippen LogP contribution in [0, 0.1) is 13.8 Å². The molecular formula is C23H25N3O5S2. The summed E-state index contributed by atoms with van der Waals surface area (Å²) in [6.07, 6.45) is 0. The molecule has 4 N–H and O–H groups in total. The third-order valence-corrected chi connectivity index (χ3v) is 7.64. The molecule has 3 aromatic rings. The number of carbonyl (C=O) groups is 1. The van der Waals surface area contributed by atoms with Gasteiger partial charge in [-0.3, -0.25) is 9.52 Å². The van der Waals surface area contributed by atoms with Crippen molar-refractivity contribution in [1.82, 2.24) is 5.32 Å². The van der Waals surface area contributed by atoms with Gasteiger partial charge in [-0.2, -0.15) is 0 Å². The zero-order valence-corrected chi connectivity index (χ0v) is 20.0. The molecule has 0 radical (unpaired) electrons. The van der Waals surface area contributed by atoms with E-state index in [-0.39, 0.29) is 15.4 Å². The van der Waals surface area contributed by atoms with Gasteiger partial charge in [0.05, 0.1) is 21.5 Å². The molecule has 8 nitrogen and oxygen atoms in total. The van der Waals surface area contributed by atoms with Gasteiger partial charge in [0.25, 0.3) is 15.9 Å². The fourth-order valence-corrected chi connectivity index (χ4v) is 4.80. The Morgan fingerprint density at radius 1 is 0.848 bits per heavy atom. The number of hydrogen-bond acceptors (Lipinski definition) is 5. The Kier molecular flexibility index (Phi) is 6.92. The van der Waals surface area contributed by atoms with Crippen molar-refractivity contribution in [3.63, 3.8) is 0 Å². The molecular weight excluding hydrogens is 462 g/mol. The molecule has 0 fully saturated rings. The molecule has 1 atom stereocenters. The standard InChI is InChI=1S/C23H25N3O5S2/c1-15-5-4-6-22(16(15)2)26-33(30,31)21-13-9-19(10-14-21)23(27)25-17(3)18-7-11-20(12-8-18)32(24,28)29/h4-14,17,26H,1-3H3,(H,25,27)(H2,24,28,29). The van der Waals surface area contributed by atoms with Crippen LogP contribution >= 0.6 is 0 Å². The molecule has 1 amide bonds. The molecule has 10 heteroatoms.